The Balaban J connectivity index is 2.13. The summed E-state index contributed by atoms with van der Waals surface area (Å²) >= 11 is 0. The highest BCUT2D eigenvalue weighted by Crippen LogP contribution is 2.26. The lowest BCUT2D eigenvalue weighted by Gasteiger charge is -2.27. The monoisotopic (exact) mass is 248 g/mol. The summed E-state index contributed by atoms with van der Waals surface area (Å²) in [5.74, 6) is -0.865. The van der Waals surface area contributed by atoms with E-state index in [0.29, 0.717) is 34.1 Å². The molecule has 0 saturated carbocycles. The second kappa shape index (κ2) is 3.79. The highest BCUT2D eigenvalue weighted by atomic mass is 16.5. The maximum Gasteiger partial charge on any atom is 0.277 e. The summed E-state index contributed by atoms with van der Waals surface area (Å²) in [6.45, 7) is 0.448. The van der Waals surface area contributed by atoms with Crippen LogP contribution in [0.2, 0.25) is 0 Å². The van der Waals surface area contributed by atoms with Gasteiger partial charge in [-0.2, -0.15) is 0 Å². The highest BCUT2D eigenvalue weighted by molar-refractivity contribution is 6.00. The van der Waals surface area contributed by atoms with Crippen molar-refractivity contribution < 1.29 is 20.0 Å². The van der Waals surface area contributed by atoms with Crippen LogP contribution in [-0.2, 0) is 12.8 Å². The van der Waals surface area contributed by atoms with Crippen molar-refractivity contribution in [2.75, 3.05) is 13.1 Å². The fraction of sp³-hybridized carbons (Fsp3) is 0.333. The Morgan fingerprint density at radius 3 is 1.61 bits per heavy atom. The first kappa shape index (κ1) is 11.2. The van der Waals surface area contributed by atoms with Crippen LogP contribution in [0.5, 0.6) is 0 Å². The standard InChI is InChI=1S/C12H12N2O4/c15-11-9-6-8-2-4-14(18)12(16)10(8)5-7(9)1-3-13(11)17/h5-6,17-18H,1-4H2. The van der Waals surface area contributed by atoms with Gasteiger partial charge in [-0.1, -0.05) is 0 Å². The number of carbonyl (C=O) groups is 2. The Morgan fingerprint density at radius 1 is 0.833 bits per heavy atom. The van der Waals surface area contributed by atoms with E-state index in [0.717, 1.165) is 11.1 Å². The summed E-state index contributed by atoms with van der Waals surface area (Å²) < 4.78 is 0. The second-order valence-corrected chi connectivity index (χ2v) is 4.52. The van der Waals surface area contributed by atoms with Crippen LogP contribution < -0.4 is 0 Å². The molecule has 0 saturated heterocycles. The van der Waals surface area contributed by atoms with E-state index in [1.165, 1.54) is 0 Å². The number of fused-ring (bicyclic) bond motifs is 2. The molecule has 0 spiro atoms. The molecule has 1 aromatic carbocycles. The Bertz CT molecular complexity index is 506. The molecule has 6 heteroatoms. The van der Waals surface area contributed by atoms with Crippen molar-refractivity contribution in [3.63, 3.8) is 0 Å². The van der Waals surface area contributed by atoms with Crippen molar-refractivity contribution in [3.8, 4) is 0 Å². The van der Waals surface area contributed by atoms with E-state index in [1.807, 2.05) is 0 Å². The quantitative estimate of drug-likeness (QED) is 0.654. The molecule has 2 aliphatic heterocycles. The maximum atomic E-state index is 11.8. The van der Waals surface area contributed by atoms with Crippen LogP contribution in [0, 0.1) is 0 Å². The van der Waals surface area contributed by atoms with Crippen molar-refractivity contribution in [2.24, 2.45) is 0 Å². The molecule has 2 heterocycles. The van der Waals surface area contributed by atoms with Gasteiger partial charge in [-0.05, 0) is 36.1 Å². The first-order valence-corrected chi connectivity index (χ1v) is 5.75. The molecule has 0 atom stereocenters. The van der Waals surface area contributed by atoms with E-state index in [2.05, 4.69) is 0 Å². The molecule has 2 aliphatic rings. The number of amides is 2. The van der Waals surface area contributed by atoms with Crippen LogP contribution in [0.3, 0.4) is 0 Å². The predicted molar refractivity (Wildman–Crippen MR) is 59.5 cm³/mol. The van der Waals surface area contributed by atoms with Gasteiger partial charge in [-0.25, -0.2) is 10.1 Å². The third-order valence-corrected chi connectivity index (χ3v) is 3.44. The summed E-state index contributed by atoms with van der Waals surface area (Å²) in [6.07, 6.45) is 1.01. The molecule has 0 unspecified atom stereocenters. The van der Waals surface area contributed by atoms with Gasteiger partial charge < -0.3 is 0 Å². The normalized spacial score (nSPS) is 18.8. The van der Waals surface area contributed by atoms with Gasteiger partial charge in [0.2, 0.25) is 0 Å². The molecule has 2 N–H and O–H groups in total. The Labute approximate surface area is 103 Å². The van der Waals surface area contributed by atoms with Crippen molar-refractivity contribution >= 4 is 11.8 Å². The summed E-state index contributed by atoms with van der Waals surface area (Å²) in [6, 6.07) is 3.31. The van der Waals surface area contributed by atoms with E-state index >= 15 is 0 Å². The number of rotatable bonds is 0. The van der Waals surface area contributed by atoms with Crippen LogP contribution in [0.4, 0.5) is 0 Å². The molecule has 0 aliphatic carbocycles. The van der Waals surface area contributed by atoms with Gasteiger partial charge in [0, 0.05) is 11.1 Å². The van der Waals surface area contributed by atoms with Crippen molar-refractivity contribution in [1.82, 2.24) is 10.1 Å². The van der Waals surface area contributed by atoms with E-state index < -0.39 is 11.8 Å². The van der Waals surface area contributed by atoms with Gasteiger partial charge in [0.15, 0.2) is 0 Å². The van der Waals surface area contributed by atoms with Crippen LogP contribution in [0.15, 0.2) is 12.1 Å². The summed E-state index contributed by atoms with van der Waals surface area (Å²) in [7, 11) is 0. The smallest absolute Gasteiger partial charge is 0.277 e. The summed E-state index contributed by atoms with van der Waals surface area (Å²) in [5, 5.41) is 20.2. The Hall–Kier alpha value is -1.92. The Morgan fingerprint density at radius 2 is 1.22 bits per heavy atom. The average Bonchev–Trinajstić information content (AvgIpc) is 2.38. The van der Waals surface area contributed by atoms with Crippen molar-refractivity contribution in [2.45, 2.75) is 12.8 Å². The van der Waals surface area contributed by atoms with Crippen LogP contribution in [0.1, 0.15) is 31.8 Å². The van der Waals surface area contributed by atoms with Gasteiger partial charge in [0.25, 0.3) is 11.8 Å². The largest absolute Gasteiger partial charge is 0.286 e. The molecule has 0 radical (unpaired) electrons. The number of carbonyl (C=O) groups excluding carboxylic acids is 2. The number of hydrogen-bond donors (Lipinski definition) is 2. The van der Waals surface area contributed by atoms with E-state index in [9.17, 15) is 20.0 Å². The summed E-state index contributed by atoms with van der Waals surface area (Å²) in [4.78, 5) is 23.6. The fourth-order valence-corrected chi connectivity index (χ4v) is 2.44. The molecule has 2 amide bonds. The molecule has 18 heavy (non-hydrogen) atoms. The lowest BCUT2D eigenvalue weighted by Crippen LogP contribution is -2.38. The number of hydrogen-bond acceptors (Lipinski definition) is 4. The number of nitrogens with zero attached hydrogens (tertiary/aromatic N) is 2. The van der Waals surface area contributed by atoms with Crippen LogP contribution in [0.25, 0.3) is 0 Å². The van der Waals surface area contributed by atoms with E-state index in [-0.39, 0.29) is 13.1 Å². The van der Waals surface area contributed by atoms with Gasteiger partial charge >= 0.3 is 0 Å². The van der Waals surface area contributed by atoms with Crippen LogP contribution in [-0.4, -0.2) is 45.4 Å². The minimum atomic E-state index is -0.432. The third-order valence-electron chi connectivity index (χ3n) is 3.44. The Kier molecular flexibility index (Phi) is 2.36. The van der Waals surface area contributed by atoms with Gasteiger partial charge in [-0.3, -0.25) is 20.0 Å². The zero-order chi connectivity index (χ0) is 12.9. The molecule has 0 bridgehead atoms. The molecule has 3 rings (SSSR count). The third kappa shape index (κ3) is 1.50. The fourth-order valence-electron chi connectivity index (χ4n) is 2.44. The molecular weight excluding hydrogens is 236 g/mol. The van der Waals surface area contributed by atoms with Crippen molar-refractivity contribution in [3.05, 3.63) is 34.4 Å². The molecule has 0 fully saturated rings. The topological polar surface area (TPSA) is 81.1 Å². The van der Waals surface area contributed by atoms with Gasteiger partial charge in [0.05, 0.1) is 13.1 Å². The lowest BCUT2D eigenvalue weighted by atomic mass is 9.90. The van der Waals surface area contributed by atoms with Gasteiger partial charge in [0.1, 0.15) is 0 Å². The van der Waals surface area contributed by atoms with Crippen LogP contribution >= 0.6 is 0 Å². The van der Waals surface area contributed by atoms with E-state index in [1.54, 1.807) is 12.1 Å². The molecule has 1 aromatic rings. The first-order valence-electron chi connectivity index (χ1n) is 5.75. The van der Waals surface area contributed by atoms with E-state index in [4.69, 9.17) is 0 Å². The molecule has 0 aromatic heterocycles. The molecular formula is C12H12N2O4. The zero-order valence-electron chi connectivity index (χ0n) is 9.59. The summed E-state index contributed by atoms with van der Waals surface area (Å²) in [5.41, 5.74) is 2.38. The highest BCUT2D eigenvalue weighted by Gasteiger charge is 2.29. The minimum absolute atomic E-state index is 0.224. The number of hydroxylamine groups is 4. The first-order chi connectivity index (χ1) is 8.58. The zero-order valence-corrected chi connectivity index (χ0v) is 9.59. The van der Waals surface area contributed by atoms with Crippen molar-refractivity contribution in [1.29, 1.82) is 0 Å². The molecule has 94 valence electrons. The predicted octanol–water partition coefficient (Wildman–Crippen LogP) is 0.462. The maximum absolute atomic E-state index is 11.8. The minimum Gasteiger partial charge on any atom is -0.286 e. The average molecular weight is 248 g/mol. The lowest BCUT2D eigenvalue weighted by molar-refractivity contribution is -0.0614. The number of benzene rings is 1. The molecule has 6 nitrogen and oxygen atoms in total. The van der Waals surface area contributed by atoms with Gasteiger partial charge in [-0.15, -0.1) is 0 Å². The second-order valence-electron chi connectivity index (χ2n) is 4.52. The SMILES string of the molecule is O=C1c2cc3c(cc2CCN1O)C(=O)N(O)CC3.